The van der Waals surface area contributed by atoms with E-state index in [1.54, 1.807) is 28.6 Å². The van der Waals surface area contributed by atoms with Crippen LogP contribution in [0, 0.1) is 0 Å². The molecule has 170 valence electrons. The van der Waals surface area contributed by atoms with Crippen molar-refractivity contribution in [1.82, 2.24) is 14.2 Å². The first-order valence-electron chi connectivity index (χ1n) is 11.0. The molecule has 8 heteroatoms. The number of piperidine rings is 1. The molecule has 2 heterocycles. The lowest BCUT2D eigenvalue weighted by Gasteiger charge is -2.26. The fraction of sp³-hybridized carbons (Fsp3) is 0.375. The number of benzene rings is 2. The molecule has 1 amide bonds. The number of amides is 1. The Morgan fingerprint density at radius 3 is 2.56 bits per heavy atom. The van der Waals surface area contributed by atoms with E-state index in [1.807, 2.05) is 42.0 Å². The van der Waals surface area contributed by atoms with Crippen LogP contribution in [0.4, 0.5) is 0 Å². The van der Waals surface area contributed by atoms with E-state index in [1.165, 1.54) is 0 Å². The summed E-state index contributed by atoms with van der Waals surface area (Å²) in [7, 11) is -3.50. The fourth-order valence-corrected chi connectivity index (χ4v) is 6.03. The number of halogens is 1. The van der Waals surface area contributed by atoms with Gasteiger partial charge in [-0.25, -0.2) is 8.42 Å². The third kappa shape index (κ3) is 4.56. The summed E-state index contributed by atoms with van der Waals surface area (Å²) in [5.74, 6) is -0.102. The monoisotopic (exact) mass is 473 g/mol. The number of carbonyl (C=O) groups excluding carboxylic acids is 1. The molecule has 1 N–H and O–H groups in total. The maximum Gasteiger partial charge on any atom is 0.243 e. The van der Waals surface area contributed by atoms with Gasteiger partial charge in [-0.1, -0.05) is 43.1 Å². The number of fused-ring (bicyclic) bond motifs is 1. The highest BCUT2D eigenvalue weighted by Crippen LogP contribution is 2.28. The molecule has 1 aliphatic rings. The van der Waals surface area contributed by atoms with Crippen molar-refractivity contribution in [3.63, 3.8) is 0 Å². The van der Waals surface area contributed by atoms with Gasteiger partial charge in [-0.2, -0.15) is 4.31 Å². The standard InChI is InChI=1S/C24H28ClN3O3S/c1-2-22(24(29)26-17-19-8-4-5-9-21(19)25)28-15-12-18-16-20(10-11-23(18)28)32(30,31)27-13-6-3-7-14-27/h4-5,8-12,15-16,22H,2-3,6-7,13-14,17H2,1H3,(H,26,29)/t22-/m1/s1. The summed E-state index contributed by atoms with van der Waals surface area (Å²) in [5.41, 5.74) is 1.70. The van der Waals surface area contributed by atoms with Gasteiger partial charge in [-0.3, -0.25) is 4.79 Å². The highest BCUT2D eigenvalue weighted by molar-refractivity contribution is 7.89. The molecule has 0 spiro atoms. The van der Waals surface area contributed by atoms with Crippen molar-refractivity contribution in [3.8, 4) is 0 Å². The van der Waals surface area contributed by atoms with Crippen molar-refractivity contribution in [2.75, 3.05) is 13.1 Å². The van der Waals surface area contributed by atoms with Crippen molar-refractivity contribution in [3.05, 3.63) is 65.3 Å². The van der Waals surface area contributed by atoms with Gasteiger partial charge in [0.25, 0.3) is 0 Å². The summed E-state index contributed by atoms with van der Waals surface area (Å²) in [6.45, 7) is 3.46. The van der Waals surface area contributed by atoms with E-state index in [0.29, 0.717) is 36.0 Å². The van der Waals surface area contributed by atoms with Crippen LogP contribution in [-0.4, -0.2) is 36.3 Å². The minimum atomic E-state index is -3.50. The molecule has 4 rings (SSSR count). The summed E-state index contributed by atoms with van der Waals surface area (Å²) in [5, 5.41) is 4.40. The van der Waals surface area contributed by atoms with Gasteiger partial charge in [-0.15, -0.1) is 0 Å². The Bertz CT molecular complexity index is 1220. The van der Waals surface area contributed by atoms with E-state index in [4.69, 9.17) is 11.6 Å². The summed E-state index contributed by atoms with van der Waals surface area (Å²) < 4.78 is 29.5. The van der Waals surface area contributed by atoms with Crippen LogP contribution in [0.5, 0.6) is 0 Å². The van der Waals surface area contributed by atoms with Crippen LogP contribution in [0.3, 0.4) is 0 Å². The second kappa shape index (κ2) is 9.65. The summed E-state index contributed by atoms with van der Waals surface area (Å²) >= 11 is 6.20. The third-order valence-corrected chi connectivity index (χ3v) is 8.34. The van der Waals surface area contributed by atoms with E-state index < -0.39 is 16.1 Å². The molecule has 0 unspecified atom stereocenters. The van der Waals surface area contributed by atoms with Crippen molar-refractivity contribution in [1.29, 1.82) is 0 Å². The Hall–Kier alpha value is -2.35. The van der Waals surface area contributed by atoms with Gasteiger partial charge in [0.15, 0.2) is 0 Å². The van der Waals surface area contributed by atoms with Gasteiger partial charge in [0, 0.05) is 41.8 Å². The Morgan fingerprint density at radius 1 is 1.09 bits per heavy atom. The van der Waals surface area contributed by atoms with Crippen LogP contribution in [-0.2, 0) is 21.4 Å². The van der Waals surface area contributed by atoms with E-state index in [2.05, 4.69) is 5.32 Å². The van der Waals surface area contributed by atoms with Crippen molar-refractivity contribution in [2.24, 2.45) is 0 Å². The first-order valence-corrected chi connectivity index (χ1v) is 12.9. The quantitative estimate of drug-likeness (QED) is 0.538. The number of sulfonamides is 1. The first-order chi connectivity index (χ1) is 15.4. The van der Waals surface area contributed by atoms with Gasteiger partial charge in [0.05, 0.1) is 4.90 Å². The van der Waals surface area contributed by atoms with Crippen LogP contribution in [0.25, 0.3) is 10.9 Å². The van der Waals surface area contributed by atoms with Crippen LogP contribution >= 0.6 is 11.6 Å². The molecule has 3 aromatic rings. The van der Waals surface area contributed by atoms with Gasteiger partial charge >= 0.3 is 0 Å². The molecule has 1 aromatic heterocycles. The summed E-state index contributed by atoms with van der Waals surface area (Å²) in [6.07, 6.45) is 5.33. The number of carbonyl (C=O) groups is 1. The highest BCUT2D eigenvalue weighted by Gasteiger charge is 2.27. The van der Waals surface area contributed by atoms with Crippen LogP contribution < -0.4 is 5.32 Å². The molecular formula is C24H28ClN3O3S. The molecule has 1 atom stereocenters. The Morgan fingerprint density at radius 2 is 1.84 bits per heavy atom. The lowest BCUT2D eigenvalue weighted by atomic mass is 10.1. The summed E-state index contributed by atoms with van der Waals surface area (Å²) in [4.78, 5) is 13.3. The molecule has 0 saturated carbocycles. The lowest BCUT2D eigenvalue weighted by Crippen LogP contribution is -2.35. The van der Waals surface area contributed by atoms with E-state index in [0.717, 1.165) is 35.7 Å². The molecule has 1 fully saturated rings. The minimum Gasteiger partial charge on any atom is -0.350 e. The largest absolute Gasteiger partial charge is 0.350 e. The van der Waals surface area contributed by atoms with Gasteiger partial charge < -0.3 is 9.88 Å². The Balaban J connectivity index is 1.55. The number of nitrogens with one attached hydrogen (secondary N) is 1. The second-order valence-corrected chi connectivity index (χ2v) is 10.5. The third-order valence-electron chi connectivity index (χ3n) is 6.08. The Labute approximate surface area is 194 Å². The first kappa shape index (κ1) is 22.8. The van der Waals surface area contributed by atoms with E-state index >= 15 is 0 Å². The maximum atomic E-state index is 13.0. The van der Waals surface area contributed by atoms with Gasteiger partial charge in [0.2, 0.25) is 15.9 Å². The molecular weight excluding hydrogens is 446 g/mol. The molecule has 1 saturated heterocycles. The topological polar surface area (TPSA) is 71.4 Å². The van der Waals surface area contributed by atoms with E-state index in [-0.39, 0.29) is 5.91 Å². The fourth-order valence-electron chi connectivity index (χ4n) is 4.28. The molecule has 6 nitrogen and oxygen atoms in total. The molecule has 32 heavy (non-hydrogen) atoms. The molecule has 0 aliphatic carbocycles. The lowest BCUT2D eigenvalue weighted by molar-refractivity contribution is -0.124. The normalized spacial score (nSPS) is 16.2. The molecule has 0 bridgehead atoms. The average Bonchev–Trinajstić information content (AvgIpc) is 3.23. The smallest absolute Gasteiger partial charge is 0.243 e. The minimum absolute atomic E-state index is 0.102. The number of rotatable bonds is 7. The highest BCUT2D eigenvalue weighted by atomic mass is 35.5. The zero-order valence-corrected chi connectivity index (χ0v) is 19.7. The number of hydrogen-bond donors (Lipinski definition) is 1. The Kier molecular flexibility index (Phi) is 6.88. The van der Waals surface area contributed by atoms with E-state index in [9.17, 15) is 13.2 Å². The van der Waals surface area contributed by atoms with Crippen LogP contribution in [0.1, 0.15) is 44.2 Å². The summed E-state index contributed by atoms with van der Waals surface area (Å²) in [6, 6.07) is 14.1. The zero-order chi connectivity index (χ0) is 22.7. The van der Waals surface area contributed by atoms with Crippen molar-refractivity contribution >= 4 is 38.4 Å². The predicted octanol–water partition coefficient (Wildman–Crippen LogP) is 4.74. The maximum absolute atomic E-state index is 13.0. The van der Waals surface area contributed by atoms with Gasteiger partial charge in [0.1, 0.15) is 6.04 Å². The predicted molar refractivity (Wildman–Crippen MR) is 127 cm³/mol. The molecule has 0 radical (unpaired) electrons. The van der Waals surface area contributed by atoms with Crippen molar-refractivity contribution < 1.29 is 13.2 Å². The van der Waals surface area contributed by atoms with Crippen LogP contribution in [0.15, 0.2) is 59.6 Å². The number of aromatic nitrogens is 1. The van der Waals surface area contributed by atoms with Crippen molar-refractivity contribution in [2.45, 2.75) is 50.1 Å². The second-order valence-electron chi connectivity index (χ2n) is 8.14. The van der Waals surface area contributed by atoms with Gasteiger partial charge in [-0.05, 0) is 55.2 Å². The number of nitrogens with zero attached hydrogens (tertiary/aromatic N) is 2. The average molecular weight is 474 g/mol. The SMILES string of the molecule is CC[C@H](C(=O)NCc1ccccc1Cl)n1ccc2cc(S(=O)(=O)N3CCCCC3)ccc21. The molecule has 2 aromatic carbocycles. The number of hydrogen-bond acceptors (Lipinski definition) is 3. The zero-order valence-electron chi connectivity index (χ0n) is 18.1. The molecule has 1 aliphatic heterocycles. The van der Waals surface area contributed by atoms with Crippen LogP contribution in [0.2, 0.25) is 5.02 Å².